The maximum atomic E-state index is 12.2. The van der Waals surface area contributed by atoms with Crippen molar-refractivity contribution in [1.29, 1.82) is 0 Å². The highest BCUT2D eigenvalue weighted by Crippen LogP contribution is 2.24. The SMILES string of the molecule is Cc1ccc(C(=O)Nc2ccc(Cl)cc2I)c(Br)c1. The van der Waals surface area contributed by atoms with Crippen molar-refractivity contribution in [3.05, 3.63) is 60.6 Å². The number of rotatable bonds is 2. The zero-order chi connectivity index (χ0) is 14.0. The Balaban J connectivity index is 2.25. The standard InChI is InChI=1S/C14H10BrClINO/c1-8-2-4-10(11(15)6-8)14(19)18-13-5-3-9(16)7-12(13)17/h2-7H,1H3,(H,18,19). The number of anilines is 1. The quantitative estimate of drug-likeness (QED) is 0.621. The first-order valence-corrected chi connectivity index (χ1v) is 7.75. The topological polar surface area (TPSA) is 29.1 Å². The Kier molecular flexibility index (Phi) is 4.86. The van der Waals surface area contributed by atoms with Crippen LogP contribution in [0.15, 0.2) is 40.9 Å². The van der Waals surface area contributed by atoms with E-state index in [1.807, 2.05) is 25.1 Å². The van der Waals surface area contributed by atoms with Crippen molar-refractivity contribution in [2.75, 3.05) is 5.32 Å². The summed E-state index contributed by atoms with van der Waals surface area (Å²) in [7, 11) is 0. The third kappa shape index (κ3) is 3.70. The molecule has 0 fully saturated rings. The lowest BCUT2D eigenvalue weighted by Gasteiger charge is -2.09. The Hall–Kier alpha value is -0.590. The van der Waals surface area contributed by atoms with Crippen molar-refractivity contribution in [3.63, 3.8) is 0 Å². The van der Waals surface area contributed by atoms with Crippen molar-refractivity contribution in [3.8, 4) is 0 Å². The summed E-state index contributed by atoms with van der Waals surface area (Å²) in [6.07, 6.45) is 0. The smallest absolute Gasteiger partial charge is 0.256 e. The molecule has 19 heavy (non-hydrogen) atoms. The van der Waals surface area contributed by atoms with Gasteiger partial charge in [-0.25, -0.2) is 0 Å². The molecule has 0 bridgehead atoms. The summed E-state index contributed by atoms with van der Waals surface area (Å²) >= 11 is 11.4. The number of aryl methyl sites for hydroxylation is 1. The number of hydrogen-bond donors (Lipinski definition) is 1. The molecule has 0 unspecified atom stereocenters. The first kappa shape index (κ1) is 14.8. The summed E-state index contributed by atoms with van der Waals surface area (Å²) in [4.78, 5) is 12.2. The highest BCUT2D eigenvalue weighted by Gasteiger charge is 2.11. The molecule has 0 spiro atoms. The summed E-state index contributed by atoms with van der Waals surface area (Å²) < 4.78 is 1.69. The molecule has 1 N–H and O–H groups in total. The average Bonchev–Trinajstić information content (AvgIpc) is 2.32. The van der Waals surface area contributed by atoms with Gasteiger partial charge >= 0.3 is 0 Å². The van der Waals surface area contributed by atoms with Crippen LogP contribution >= 0.6 is 50.1 Å². The third-order valence-corrected chi connectivity index (χ3v) is 4.33. The molecule has 0 atom stereocenters. The van der Waals surface area contributed by atoms with E-state index in [9.17, 15) is 4.79 Å². The second-order valence-corrected chi connectivity index (χ2v) is 6.51. The van der Waals surface area contributed by atoms with Crippen LogP contribution in [-0.4, -0.2) is 5.91 Å². The lowest BCUT2D eigenvalue weighted by Crippen LogP contribution is -2.13. The number of hydrogen-bond acceptors (Lipinski definition) is 1. The number of nitrogens with one attached hydrogen (secondary N) is 1. The van der Waals surface area contributed by atoms with Crippen molar-refractivity contribution >= 4 is 61.7 Å². The second-order valence-electron chi connectivity index (χ2n) is 4.06. The zero-order valence-electron chi connectivity index (χ0n) is 10.0. The Bertz CT molecular complexity index is 645. The van der Waals surface area contributed by atoms with Gasteiger partial charge < -0.3 is 5.32 Å². The van der Waals surface area contributed by atoms with Gasteiger partial charge in [-0.15, -0.1) is 0 Å². The van der Waals surface area contributed by atoms with Crippen LogP contribution in [0.1, 0.15) is 15.9 Å². The summed E-state index contributed by atoms with van der Waals surface area (Å²) in [6, 6.07) is 11.0. The van der Waals surface area contributed by atoms with Gasteiger partial charge in [0.05, 0.1) is 11.3 Å². The Morgan fingerprint density at radius 3 is 2.63 bits per heavy atom. The minimum Gasteiger partial charge on any atom is -0.321 e. The molecular formula is C14H10BrClINO. The third-order valence-electron chi connectivity index (χ3n) is 2.55. The Morgan fingerprint density at radius 2 is 2.00 bits per heavy atom. The molecule has 0 heterocycles. The van der Waals surface area contributed by atoms with E-state index in [4.69, 9.17) is 11.6 Å². The predicted octanol–water partition coefficient (Wildman–Crippen LogP) is 5.27. The Labute approximate surface area is 138 Å². The van der Waals surface area contributed by atoms with Gasteiger partial charge in [0.25, 0.3) is 5.91 Å². The number of halogens is 3. The van der Waals surface area contributed by atoms with E-state index in [1.165, 1.54) is 0 Å². The predicted molar refractivity (Wildman–Crippen MR) is 91.0 cm³/mol. The summed E-state index contributed by atoms with van der Waals surface area (Å²) in [5, 5.41) is 3.53. The van der Waals surface area contributed by atoms with Gasteiger partial charge in [0, 0.05) is 13.1 Å². The van der Waals surface area contributed by atoms with Crippen molar-refractivity contribution in [2.24, 2.45) is 0 Å². The summed E-state index contributed by atoms with van der Waals surface area (Å²) in [6.45, 7) is 1.98. The molecule has 0 radical (unpaired) electrons. The lowest BCUT2D eigenvalue weighted by molar-refractivity contribution is 0.102. The number of carbonyl (C=O) groups is 1. The van der Waals surface area contributed by atoms with Crippen LogP contribution < -0.4 is 5.32 Å². The van der Waals surface area contributed by atoms with E-state index in [1.54, 1.807) is 18.2 Å². The zero-order valence-corrected chi connectivity index (χ0v) is 14.5. The first-order chi connectivity index (χ1) is 8.97. The van der Waals surface area contributed by atoms with Crippen LogP contribution in [0, 0.1) is 10.5 Å². The average molecular weight is 451 g/mol. The highest BCUT2D eigenvalue weighted by molar-refractivity contribution is 14.1. The van der Waals surface area contributed by atoms with Crippen LogP contribution in [-0.2, 0) is 0 Å². The van der Waals surface area contributed by atoms with E-state index < -0.39 is 0 Å². The fourth-order valence-electron chi connectivity index (χ4n) is 1.58. The van der Waals surface area contributed by atoms with Crippen molar-refractivity contribution < 1.29 is 4.79 Å². The molecule has 0 aliphatic heterocycles. The number of benzene rings is 2. The molecule has 0 aromatic heterocycles. The number of amides is 1. The molecule has 0 aliphatic rings. The van der Waals surface area contributed by atoms with E-state index in [-0.39, 0.29) is 5.91 Å². The molecule has 1 amide bonds. The first-order valence-electron chi connectivity index (χ1n) is 5.50. The van der Waals surface area contributed by atoms with Crippen LogP contribution in [0.3, 0.4) is 0 Å². The minimum atomic E-state index is -0.146. The van der Waals surface area contributed by atoms with Gasteiger partial charge in [-0.05, 0) is 81.3 Å². The molecule has 0 saturated heterocycles. The van der Waals surface area contributed by atoms with Crippen LogP contribution in [0.5, 0.6) is 0 Å². The monoisotopic (exact) mass is 449 g/mol. The van der Waals surface area contributed by atoms with Crippen molar-refractivity contribution in [1.82, 2.24) is 0 Å². The van der Waals surface area contributed by atoms with Gasteiger partial charge in [-0.1, -0.05) is 17.7 Å². The van der Waals surface area contributed by atoms with Gasteiger partial charge in [0.2, 0.25) is 0 Å². The van der Waals surface area contributed by atoms with E-state index in [0.29, 0.717) is 10.6 Å². The molecule has 2 rings (SSSR count). The molecular weight excluding hydrogens is 440 g/mol. The molecule has 2 aromatic rings. The largest absolute Gasteiger partial charge is 0.321 e. The molecule has 5 heteroatoms. The Morgan fingerprint density at radius 1 is 1.26 bits per heavy atom. The maximum absolute atomic E-state index is 12.2. The van der Waals surface area contributed by atoms with Crippen LogP contribution in [0.2, 0.25) is 5.02 Å². The van der Waals surface area contributed by atoms with Crippen molar-refractivity contribution in [2.45, 2.75) is 6.92 Å². The molecule has 98 valence electrons. The fraction of sp³-hybridized carbons (Fsp3) is 0.0714. The van der Waals surface area contributed by atoms with Gasteiger partial charge in [0.1, 0.15) is 0 Å². The van der Waals surface area contributed by atoms with E-state index >= 15 is 0 Å². The van der Waals surface area contributed by atoms with Gasteiger partial charge in [-0.2, -0.15) is 0 Å². The van der Waals surface area contributed by atoms with Gasteiger partial charge in [0.15, 0.2) is 0 Å². The number of carbonyl (C=O) groups excluding carboxylic acids is 1. The normalized spacial score (nSPS) is 10.3. The van der Waals surface area contributed by atoms with Gasteiger partial charge in [-0.3, -0.25) is 4.79 Å². The molecule has 0 saturated carbocycles. The lowest BCUT2D eigenvalue weighted by atomic mass is 10.1. The van der Waals surface area contributed by atoms with Crippen LogP contribution in [0.25, 0.3) is 0 Å². The molecule has 2 aromatic carbocycles. The molecule has 0 aliphatic carbocycles. The van der Waals surface area contributed by atoms with Crippen LogP contribution in [0.4, 0.5) is 5.69 Å². The maximum Gasteiger partial charge on any atom is 0.256 e. The van der Waals surface area contributed by atoms with E-state index in [0.717, 1.165) is 19.3 Å². The summed E-state index contributed by atoms with van der Waals surface area (Å²) in [5.41, 5.74) is 2.46. The minimum absolute atomic E-state index is 0.146. The molecule has 2 nitrogen and oxygen atoms in total. The summed E-state index contributed by atoms with van der Waals surface area (Å²) in [5.74, 6) is -0.146. The second kappa shape index (κ2) is 6.24. The fourth-order valence-corrected chi connectivity index (χ4v) is 3.26. The van der Waals surface area contributed by atoms with E-state index in [2.05, 4.69) is 43.8 Å². The highest BCUT2D eigenvalue weighted by atomic mass is 127.